The summed E-state index contributed by atoms with van der Waals surface area (Å²) in [7, 11) is 0. The third-order valence-electron chi connectivity index (χ3n) is 8.36. The average molecular weight is 476 g/mol. The van der Waals surface area contributed by atoms with Gasteiger partial charge in [0.05, 0.1) is 42.4 Å². The highest BCUT2D eigenvalue weighted by Crippen LogP contribution is 2.60. The molecule has 9 heteroatoms. The fourth-order valence-corrected chi connectivity index (χ4v) is 6.12. The molecule has 1 aromatic carbocycles. The van der Waals surface area contributed by atoms with Gasteiger partial charge in [-0.3, -0.25) is 19.4 Å². The number of cyclic esters (lactones) is 1. The summed E-state index contributed by atoms with van der Waals surface area (Å²) in [4.78, 5) is 44.1. The number of nitrogens with zero attached hydrogens (tertiary/aromatic N) is 3. The fraction of sp³-hybridized carbons (Fsp3) is 0.625. The van der Waals surface area contributed by atoms with Crippen molar-refractivity contribution in [1.29, 1.82) is 0 Å². The van der Waals surface area contributed by atoms with Crippen LogP contribution in [0.15, 0.2) is 18.2 Å². The van der Waals surface area contributed by atoms with Gasteiger partial charge in [0.1, 0.15) is 6.10 Å². The first kappa shape index (κ1) is 22.5. The molecular weight excluding hydrogens is 446 g/mol. The molecule has 2 unspecified atom stereocenters. The van der Waals surface area contributed by atoms with E-state index in [0.29, 0.717) is 30.3 Å². The van der Waals surface area contributed by atoms with Gasteiger partial charge in [-0.2, -0.15) is 0 Å². The Labute approximate surface area is 198 Å². The first-order valence-corrected chi connectivity index (χ1v) is 12.0. The van der Waals surface area contributed by atoms with Crippen molar-refractivity contribution < 1.29 is 23.9 Å². The highest BCUT2D eigenvalue weighted by molar-refractivity contribution is 6.33. The number of benzene rings is 1. The minimum absolute atomic E-state index is 0.0850. The lowest BCUT2D eigenvalue weighted by molar-refractivity contribution is -0.169. The van der Waals surface area contributed by atoms with E-state index in [1.54, 1.807) is 6.07 Å². The SMILES string of the molecule is CC12CCC(C(=O)N(C[C@H]3CN(c4ccc(N5CCOCC5)c(Cl)c4)C(=O)O3)C1=O)C2(C)C. The maximum Gasteiger partial charge on any atom is 0.414 e. The van der Waals surface area contributed by atoms with Crippen LogP contribution in [0, 0.1) is 16.7 Å². The highest BCUT2D eigenvalue weighted by atomic mass is 35.5. The number of imide groups is 1. The van der Waals surface area contributed by atoms with E-state index in [4.69, 9.17) is 21.1 Å². The Kier molecular flexibility index (Phi) is 5.36. The van der Waals surface area contributed by atoms with Gasteiger partial charge in [0.2, 0.25) is 11.8 Å². The second-order valence-corrected chi connectivity index (χ2v) is 10.7. The molecule has 0 aromatic heterocycles. The number of carbonyl (C=O) groups is 3. The van der Waals surface area contributed by atoms with E-state index in [1.807, 2.05) is 32.9 Å². The number of hydrogen-bond donors (Lipinski definition) is 0. The Morgan fingerprint density at radius 3 is 2.55 bits per heavy atom. The molecule has 3 saturated heterocycles. The van der Waals surface area contributed by atoms with Crippen molar-refractivity contribution in [2.45, 2.75) is 39.7 Å². The van der Waals surface area contributed by atoms with Crippen LogP contribution >= 0.6 is 11.6 Å². The van der Waals surface area contributed by atoms with Crippen LogP contribution < -0.4 is 9.80 Å². The standard InChI is InChI=1S/C24H30ClN3O5/c1-23(2)17-6-7-24(23,3)21(30)28(20(17)29)14-16-13-27(22(31)33-16)15-4-5-19(18(25)12-15)26-8-10-32-11-9-26/h4-5,12,16-17H,6-11,13-14H2,1-3H3/t16-,17?,24?/m1/s1. The molecule has 1 aliphatic carbocycles. The third kappa shape index (κ3) is 3.41. The predicted octanol–water partition coefficient (Wildman–Crippen LogP) is 3.31. The van der Waals surface area contributed by atoms with E-state index >= 15 is 0 Å². The van der Waals surface area contributed by atoms with Crippen molar-refractivity contribution in [1.82, 2.24) is 4.90 Å². The molecule has 3 aliphatic heterocycles. The zero-order valence-electron chi connectivity index (χ0n) is 19.3. The molecule has 178 valence electrons. The van der Waals surface area contributed by atoms with Gasteiger partial charge in [0.15, 0.2) is 0 Å². The van der Waals surface area contributed by atoms with Crippen LogP contribution in [0.4, 0.5) is 16.2 Å². The average Bonchev–Trinajstić information content (AvgIpc) is 3.24. The molecule has 4 aliphatic rings. The number of rotatable bonds is 4. The summed E-state index contributed by atoms with van der Waals surface area (Å²) in [5.41, 5.74) is 0.601. The van der Waals surface area contributed by atoms with Crippen molar-refractivity contribution in [3.8, 4) is 0 Å². The number of likely N-dealkylation sites (tertiary alicyclic amines) is 1. The molecule has 1 saturated carbocycles. The topological polar surface area (TPSA) is 79.4 Å². The number of hydrogen-bond acceptors (Lipinski definition) is 6. The lowest BCUT2D eigenvalue weighted by Crippen LogP contribution is -2.60. The minimum Gasteiger partial charge on any atom is -0.442 e. The van der Waals surface area contributed by atoms with E-state index < -0.39 is 17.6 Å². The number of piperidine rings is 1. The Hall–Kier alpha value is -2.32. The van der Waals surface area contributed by atoms with Crippen LogP contribution in [0.2, 0.25) is 5.02 Å². The summed E-state index contributed by atoms with van der Waals surface area (Å²) < 4.78 is 11.0. The molecule has 3 amide bonds. The van der Waals surface area contributed by atoms with Crippen LogP contribution in [0.3, 0.4) is 0 Å². The van der Waals surface area contributed by atoms with E-state index in [0.717, 1.165) is 25.2 Å². The Balaban J connectivity index is 1.30. The maximum atomic E-state index is 13.3. The molecule has 0 radical (unpaired) electrons. The molecule has 33 heavy (non-hydrogen) atoms. The summed E-state index contributed by atoms with van der Waals surface area (Å²) >= 11 is 6.54. The molecule has 0 N–H and O–H groups in total. The van der Waals surface area contributed by atoms with Gasteiger partial charge >= 0.3 is 6.09 Å². The summed E-state index contributed by atoms with van der Waals surface area (Å²) in [6.07, 6.45) is 0.347. The van der Waals surface area contributed by atoms with Crippen molar-refractivity contribution >= 4 is 40.9 Å². The summed E-state index contributed by atoms with van der Waals surface area (Å²) in [6, 6.07) is 5.51. The van der Waals surface area contributed by atoms with Gasteiger partial charge in [0.25, 0.3) is 0 Å². The van der Waals surface area contributed by atoms with Crippen LogP contribution in [0.1, 0.15) is 33.6 Å². The molecule has 3 heterocycles. The number of amides is 3. The van der Waals surface area contributed by atoms with Crippen molar-refractivity contribution in [3.05, 3.63) is 23.2 Å². The molecule has 2 bridgehead atoms. The lowest BCUT2D eigenvalue weighted by atomic mass is 9.62. The number of anilines is 2. The minimum atomic E-state index is -0.577. The normalized spacial score (nSPS) is 31.4. The monoisotopic (exact) mass is 475 g/mol. The highest BCUT2D eigenvalue weighted by Gasteiger charge is 2.64. The van der Waals surface area contributed by atoms with Crippen LogP contribution in [-0.2, 0) is 19.1 Å². The number of ether oxygens (including phenoxy) is 2. The van der Waals surface area contributed by atoms with Gasteiger partial charge in [-0.1, -0.05) is 32.4 Å². The van der Waals surface area contributed by atoms with E-state index in [-0.39, 0.29) is 36.2 Å². The molecule has 5 rings (SSSR count). The Morgan fingerprint density at radius 1 is 1.12 bits per heavy atom. The van der Waals surface area contributed by atoms with E-state index in [2.05, 4.69) is 4.90 Å². The first-order chi connectivity index (χ1) is 15.6. The van der Waals surface area contributed by atoms with Gasteiger partial charge in [0, 0.05) is 24.7 Å². The molecule has 4 fully saturated rings. The van der Waals surface area contributed by atoms with Crippen molar-refractivity contribution in [2.75, 3.05) is 49.2 Å². The second kappa shape index (κ2) is 7.87. The quantitative estimate of drug-likeness (QED) is 0.621. The Bertz CT molecular complexity index is 1010. The molecule has 0 spiro atoms. The molecule has 8 nitrogen and oxygen atoms in total. The van der Waals surface area contributed by atoms with Gasteiger partial charge < -0.3 is 14.4 Å². The number of fused-ring (bicyclic) bond motifs is 2. The lowest BCUT2D eigenvalue weighted by Gasteiger charge is -2.47. The van der Waals surface area contributed by atoms with Crippen LogP contribution in [-0.4, -0.2) is 68.3 Å². The maximum absolute atomic E-state index is 13.3. The largest absolute Gasteiger partial charge is 0.442 e. The summed E-state index contributed by atoms with van der Waals surface area (Å²) in [6.45, 7) is 9.17. The molecule has 1 aromatic rings. The van der Waals surface area contributed by atoms with Crippen molar-refractivity contribution in [2.24, 2.45) is 16.7 Å². The zero-order valence-corrected chi connectivity index (χ0v) is 20.1. The van der Waals surface area contributed by atoms with Gasteiger partial charge in [-0.05, 0) is 36.5 Å². The number of halogens is 1. The second-order valence-electron chi connectivity index (χ2n) is 10.3. The van der Waals surface area contributed by atoms with Gasteiger partial charge in [-0.15, -0.1) is 0 Å². The van der Waals surface area contributed by atoms with E-state index in [9.17, 15) is 14.4 Å². The predicted molar refractivity (Wildman–Crippen MR) is 123 cm³/mol. The van der Waals surface area contributed by atoms with Crippen LogP contribution in [0.25, 0.3) is 0 Å². The molecular formula is C24H30ClN3O5. The third-order valence-corrected chi connectivity index (χ3v) is 8.67. The number of carbonyl (C=O) groups excluding carboxylic acids is 3. The smallest absolute Gasteiger partial charge is 0.414 e. The van der Waals surface area contributed by atoms with E-state index in [1.165, 1.54) is 9.80 Å². The molecule has 3 atom stereocenters. The summed E-state index contributed by atoms with van der Waals surface area (Å²) in [5, 5.41) is 0.554. The summed E-state index contributed by atoms with van der Waals surface area (Å²) in [5.74, 6) is -0.481. The first-order valence-electron chi connectivity index (χ1n) is 11.6. The Morgan fingerprint density at radius 2 is 1.85 bits per heavy atom. The van der Waals surface area contributed by atoms with Gasteiger partial charge in [-0.25, -0.2) is 4.79 Å². The fourth-order valence-electron chi connectivity index (χ4n) is 5.83. The zero-order chi connectivity index (χ0) is 23.5. The van der Waals surface area contributed by atoms with Crippen LogP contribution in [0.5, 0.6) is 0 Å². The number of morpholine rings is 1. The van der Waals surface area contributed by atoms with Crippen molar-refractivity contribution in [3.63, 3.8) is 0 Å².